The number of hydrogen-bond acceptors (Lipinski definition) is 5. The van der Waals surface area contributed by atoms with Crippen molar-refractivity contribution in [3.05, 3.63) is 24.2 Å². The van der Waals surface area contributed by atoms with Crippen LogP contribution >= 0.6 is 0 Å². The second-order valence-electron chi connectivity index (χ2n) is 6.50. The van der Waals surface area contributed by atoms with E-state index in [1.54, 1.807) is 20.8 Å². The van der Waals surface area contributed by atoms with Gasteiger partial charge in [-0.2, -0.15) is 0 Å². The summed E-state index contributed by atoms with van der Waals surface area (Å²) in [7, 11) is 0. The number of nitrogens with zero attached hydrogens (tertiary/aromatic N) is 1. The number of ether oxygens (including phenoxy) is 1. The minimum atomic E-state index is -1.55. The predicted molar refractivity (Wildman–Crippen MR) is 79.0 cm³/mol. The molecule has 23 heavy (non-hydrogen) atoms. The Morgan fingerprint density at radius 2 is 2.09 bits per heavy atom. The Morgan fingerprint density at radius 3 is 2.61 bits per heavy atom. The molecule has 1 aromatic heterocycles. The third kappa shape index (κ3) is 3.82. The van der Waals surface area contributed by atoms with E-state index >= 15 is 0 Å². The van der Waals surface area contributed by atoms with Crippen molar-refractivity contribution in [2.24, 2.45) is 0 Å². The van der Waals surface area contributed by atoms with Gasteiger partial charge < -0.3 is 24.5 Å². The number of furan rings is 1. The molecule has 1 fully saturated rings. The van der Waals surface area contributed by atoms with Gasteiger partial charge >= 0.3 is 12.1 Å². The van der Waals surface area contributed by atoms with Gasteiger partial charge in [0.25, 0.3) is 5.91 Å². The first kappa shape index (κ1) is 16.9. The van der Waals surface area contributed by atoms with E-state index in [-0.39, 0.29) is 25.4 Å². The number of nitrogens with one attached hydrogen (secondary N) is 1. The molecule has 1 aliphatic heterocycles. The lowest BCUT2D eigenvalue weighted by atomic mass is 9.99. The van der Waals surface area contributed by atoms with Crippen LogP contribution in [0.5, 0.6) is 0 Å². The standard InChI is InChI=1S/C15H20N2O6/c1-14(2,3)23-13(21)16-15(12(19)20)5-6-17(9-15)11(18)10-4-7-22-8-10/h4,7-8H,5-6,9H2,1-3H3,(H,16,21)(H,19,20). The van der Waals surface area contributed by atoms with Gasteiger partial charge in [0.05, 0.1) is 18.4 Å². The SMILES string of the molecule is CC(C)(C)OC(=O)NC1(C(=O)O)CCN(C(=O)c2ccoc2)C1. The van der Waals surface area contributed by atoms with Gasteiger partial charge in [0.1, 0.15) is 11.9 Å². The number of carboxylic acid groups (broad SMARTS) is 1. The Balaban J connectivity index is 2.10. The van der Waals surface area contributed by atoms with E-state index in [1.165, 1.54) is 23.5 Å². The Kier molecular flexibility index (Phi) is 4.35. The molecule has 2 heterocycles. The molecule has 1 saturated heterocycles. The second-order valence-corrected chi connectivity index (χ2v) is 6.50. The average Bonchev–Trinajstić information content (AvgIpc) is 3.05. The summed E-state index contributed by atoms with van der Waals surface area (Å²) in [4.78, 5) is 37.2. The molecule has 2 N–H and O–H groups in total. The highest BCUT2D eigenvalue weighted by atomic mass is 16.6. The van der Waals surface area contributed by atoms with Gasteiger partial charge in [0, 0.05) is 13.0 Å². The maximum atomic E-state index is 12.3. The molecule has 0 bridgehead atoms. The van der Waals surface area contributed by atoms with Crippen LogP contribution in [0.1, 0.15) is 37.6 Å². The molecule has 1 aliphatic rings. The van der Waals surface area contributed by atoms with Gasteiger partial charge in [-0.25, -0.2) is 9.59 Å². The summed E-state index contributed by atoms with van der Waals surface area (Å²) < 4.78 is 9.97. The number of aliphatic carboxylic acids is 1. The van der Waals surface area contributed by atoms with Crippen molar-refractivity contribution in [2.45, 2.75) is 38.3 Å². The molecule has 8 heteroatoms. The third-order valence-electron chi connectivity index (χ3n) is 3.47. The quantitative estimate of drug-likeness (QED) is 0.871. The van der Waals surface area contributed by atoms with E-state index in [0.717, 1.165) is 0 Å². The third-order valence-corrected chi connectivity index (χ3v) is 3.47. The van der Waals surface area contributed by atoms with Crippen LogP contribution in [0.4, 0.5) is 4.79 Å². The first-order chi connectivity index (χ1) is 10.6. The number of alkyl carbamates (subject to hydrolysis) is 1. The highest BCUT2D eigenvalue weighted by Crippen LogP contribution is 2.24. The van der Waals surface area contributed by atoms with Crippen LogP contribution in [-0.4, -0.2) is 52.2 Å². The Labute approximate surface area is 133 Å². The van der Waals surface area contributed by atoms with Crippen molar-refractivity contribution in [1.82, 2.24) is 10.2 Å². The van der Waals surface area contributed by atoms with Crippen molar-refractivity contribution >= 4 is 18.0 Å². The fourth-order valence-corrected chi connectivity index (χ4v) is 2.38. The molecule has 0 aromatic carbocycles. The average molecular weight is 324 g/mol. The summed E-state index contributed by atoms with van der Waals surface area (Å²) >= 11 is 0. The van der Waals surface area contributed by atoms with Crippen LogP contribution in [-0.2, 0) is 9.53 Å². The monoisotopic (exact) mass is 324 g/mol. The van der Waals surface area contributed by atoms with Crippen LogP contribution < -0.4 is 5.32 Å². The largest absolute Gasteiger partial charge is 0.479 e. The van der Waals surface area contributed by atoms with Crippen LogP contribution in [0.3, 0.4) is 0 Å². The molecule has 0 spiro atoms. The first-order valence-electron chi connectivity index (χ1n) is 7.19. The number of carbonyl (C=O) groups excluding carboxylic acids is 2. The van der Waals surface area contributed by atoms with Crippen molar-refractivity contribution in [1.29, 1.82) is 0 Å². The van der Waals surface area contributed by atoms with Gasteiger partial charge in [-0.1, -0.05) is 0 Å². The van der Waals surface area contributed by atoms with E-state index < -0.39 is 23.2 Å². The van der Waals surface area contributed by atoms with Crippen molar-refractivity contribution < 1.29 is 28.6 Å². The van der Waals surface area contributed by atoms with Gasteiger partial charge in [-0.3, -0.25) is 4.79 Å². The molecule has 1 aromatic rings. The maximum absolute atomic E-state index is 12.3. The summed E-state index contributed by atoms with van der Waals surface area (Å²) in [5, 5.41) is 11.9. The van der Waals surface area contributed by atoms with Crippen molar-refractivity contribution in [2.75, 3.05) is 13.1 Å². The summed E-state index contributed by atoms with van der Waals surface area (Å²) in [6.45, 7) is 5.13. The van der Waals surface area contributed by atoms with Crippen molar-refractivity contribution in [3.8, 4) is 0 Å². The highest BCUT2D eigenvalue weighted by molar-refractivity contribution is 5.95. The zero-order valence-electron chi connectivity index (χ0n) is 13.3. The summed E-state index contributed by atoms with van der Waals surface area (Å²) in [5.41, 5.74) is -1.96. The van der Waals surface area contributed by atoms with E-state index in [4.69, 9.17) is 9.15 Å². The number of carbonyl (C=O) groups is 3. The summed E-state index contributed by atoms with van der Waals surface area (Å²) in [5.74, 6) is -1.54. The molecule has 0 radical (unpaired) electrons. The normalized spacial score (nSPS) is 21.1. The fourth-order valence-electron chi connectivity index (χ4n) is 2.38. The fraction of sp³-hybridized carbons (Fsp3) is 0.533. The van der Waals surface area contributed by atoms with E-state index in [9.17, 15) is 19.5 Å². The molecule has 2 rings (SSSR count). The van der Waals surface area contributed by atoms with Gasteiger partial charge in [0.2, 0.25) is 0 Å². The zero-order valence-corrected chi connectivity index (χ0v) is 13.3. The Hall–Kier alpha value is -2.51. The number of amides is 2. The summed E-state index contributed by atoms with van der Waals surface area (Å²) in [6, 6.07) is 1.50. The lowest BCUT2D eigenvalue weighted by Gasteiger charge is -2.28. The topological polar surface area (TPSA) is 109 Å². The molecule has 0 saturated carbocycles. The first-order valence-corrected chi connectivity index (χ1v) is 7.19. The Bertz CT molecular complexity index is 604. The number of hydrogen-bond donors (Lipinski definition) is 2. The van der Waals surface area contributed by atoms with E-state index in [1.807, 2.05) is 0 Å². The molecule has 126 valence electrons. The minimum Gasteiger partial charge on any atom is -0.479 e. The second kappa shape index (κ2) is 5.94. The molecular formula is C15H20N2O6. The van der Waals surface area contributed by atoms with Gasteiger partial charge in [0.15, 0.2) is 5.54 Å². The lowest BCUT2D eigenvalue weighted by Crippen LogP contribution is -2.57. The minimum absolute atomic E-state index is 0.102. The highest BCUT2D eigenvalue weighted by Gasteiger charge is 2.48. The van der Waals surface area contributed by atoms with Crippen molar-refractivity contribution in [3.63, 3.8) is 0 Å². The van der Waals surface area contributed by atoms with E-state index in [0.29, 0.717) is 5.56 Å². The molecule has 8 nitrogen and oxygen atoms in total. The molecule has 1 atom stereocenters. The predicted octanol–water partition coefficient (Wildman–Crippen LogP) is 1.47. The van der Waals surface area contributed by atoms with Crippen LogP contribution in [0.15, 0.2) is 23.0 Å². The zero-order chi connectivity index (χ0) is 17.3. The summed E-state index contributed by atoms with van der Waals surface area (Å²) in [6.07, 6.45) is 1.94. The number of carboxylic acids is 1. The number of rotatable bonds is 3. The van der Waals surface area contributed by atoms with Gasteiger partial charge in [-0.05, 0) is 26.8 Å². The number of likely N-dealkylation sites (tertiary alicyclic amines) is 1. The smallest absolute Gasteiger partial charge is 0.408 e. The Morgan fingerprint density at radius 1 is 1.39 bits per heavy atom. The van der Waals surface area contributed by atoms with Crippen LogP contribution in [0, 0.1) is 0 Å². The molecule has 2 amide bonds. The molecule has 1 unspecified atom stereocenters. The lowest BCUT2D eigenvalue weighted by molar-refractivity contribution is -0.144. The van der Waals surface area contributed by atoms with Gasteiger partial charge in [-0.15, -0.1) is 0 Å². The van der Waals surface area contributed by atoms with E-state index in [2.05, 4.69) is 5.32 Å². The van der Waals surface area contributed by atoms with Crippen LogP contribution in [0.2, 0.25) is 0 Å². The van der Waals surface area contributed by atoms with Crippen LogP contribution in [0.25, 0.3) is 0 Å². The molecular weight excluding hydrogens is 304 g/mol. The maximum Gasteiger partial charge on any atom is 0.408 e. The molecule has 0 aliphatic carbocycles.